The summed E-state index contributed by atoms with van der Waals surface area (Å²) in [5.74, 6) is -0.499. The number of hydrogen-bond acceptors (Lipinski definition) is 4. The summed E-state index contributed by atoms with van der Waals surface area (Å²) in [6.07, 6.45) is -3.53. The standard InChI is InChI=1S/C13H7ClF3NO3/c14-10-3-8(13(15,16)17)5-18-12(10)21-9-2-1-7(6-19)11(20)4-9/h1-6,20H. The average molecular weight is 318 g/mol. The Bertz CT molecular complexity index is 689. The van der Waals surface area contributed by atoms with E-state index in [9.17, 15) is 23.1 Å². The largest absolute Gasteiger partial charge is 0.507 e. The number of aromatic hydroxyl groups is 1. The molecule has 4 nitrogen and oxygen atoms in total. The van der Waals surface area contributed by atoms with Crippen LogP contribution < -0.4 is 4.74 Å². The molecular weight excluding hydrogens is 311 g/mol. The molecule has 2 aromatic rings. The molecule has 0 aliphatic carbocycles. The van der Waals surface area contributed by atoms with Gasteiger partial charge >= 0.3 is 6.18 Å². The molecule has 0 fully saturated rings. The highest BCUT2D eigenvalue weighted by Gasteiger charge is 2.31. The van der Waals surface area contributed by atoms with E-state index in [1.807, 2.05) is 0 Å². The van der Waals surface area contributed by atoms with E-state index in [0.717, 1.165) is 6.07 Å². The van der Waals surface area contributed by atoms with Gasteiger partial charge in [-0.05, 0) is 18.2 Å². The normalized spacial score (nSPS) is 11.2. The Labute approximate surface area is 121 Å². The summed E-state index contributed by atoms with van der Waals surface area (Å²) in [6.45, 7) is 0. The number of aldehydes is 1. The van der Waals surface area contributed by atoms with Crippen LogP contribution in [0.5, 0.6) is 17.4 Å². The monoisotopic (exact) mass is 317 g/mol. The van der Waals surface area contributed by atoms with Crippen molar-refractivity contribution < 1.29 is 27.8 Å². The van der Waals surface area contributed by atoms with Crippen molar-refractivity contribution in [3.8, 4) is 17.4 Å². The van der Waals surface area contributed by atoms with Crippen LogP contribution in [0, 0.1) is 0 Å². The summed E-state index contributed by atoms with van der Waals surface area (Å²) < 4.78 is 42.5. The van der Waals surface area contributed by atoms with Gasteiger partial charge in [0.25, 0.3) is 0 Å². The van der Waals surface area contributed by atoms with Crippen LogP contribution in [0.25, 0.3) is 0 Å². The maximum absolute atomic E-state index is 12.5. The topological polar surface area (TPSA) is 59.4 Å². The third-order valence-electron chi connectivity index (χ3n) is 2.48. The van der Waals surface area contributed by atoms with E-state index in [1.165, 1.54) is 12.1 Å². The number of alkyl halides is 3. The summed E-state index contributed by atoms with van der Waals surface area (Å²) in [4.78, 5) is 14.0. The highest BCUT2D eigenvalue weighted by molar-refractivity contribution is 6.31. The van der Waals surface area contributed by atoms with Gasteiger partial charge in [0.2, 0.25) is 5.88 Å². The summed E-state index contributed by atoms with van der Waals surface area (Å²) in [5, 5.41) is 9.15. The van der Waals surface area contributed by atoms with Crippen LogP contribution in [-0.4, -0.2) is 16.4 Å². The zero-order chi connectivity index (χ0) is 15.6. The molecule has 0 aliphatic heterocycles. The van der Waals surface area contributed by atoms with Crippen molar-refractivity contribution >= 4 is 17.9 Å². The van der Waals surface area contributed by atoms with Crippen molar-refractivity contribution in [3.05, 3.63) is 46.6 Å². The molecule has 0 aliphatic rings. The zero-order valence-electron chi connectivity index (χ0n) is 10.2. The first-order chi connectivity index (χ1) is 9.81. The minimum atomic E-state index is -4.56. The Balaban J connectivity index is 2.28. The second kappa shape index (κ2) is 5.61. The molecule has 1 N–H and O–H groups in total. The molecule has 0 amide bonds. The second-order valence-corrected chi connectivity index (χ2v) is 4.36. The maximum Gasteiger partial charge on any atom is 0.417 e. The minimum Gasteiger partial charge on any atom is -0.507 e. The summed E-state index contributed by atoms with van der Waals surface area (Å²) in [6, 6.07) is 4.44. The SMILES string of the molecule is O=Cc1ccc(Oc2ncc(C(F)(F)F)cc2Cl)cc1O. The summed E-state index contributed by atoms with van der Waals surface area (Å²) in [5.41, 5.74) is -0.951. The van der Waals surface area contributed by atoms with Crippen molar-refractivity contribution in [1.29, 1.82) is 0 Å². The van der Waals surface area contributed by atoms with E-state index in [2.05, 4.69) is 4.98 Å². The second-order valence-electron chi connectivity index (χ2n) is 3.95. The Morgan fingerprint density at radius 3 is 2.52 bits per heavy atom. The number of phenols is 1. The molecule has 0 radical (unpaired) electrons. The Morgan fingerprint density at radius 2 is 2.00 bits per heavy atom. The number of aromatic nitrogens is 1. The number of carbonyl (C=O) groups excluding carboxylic acids is 1. The van der Waals surface area contributed by atoms with E-state index >= 15 is 0 Å². The molecule has 1 aromatic carbocycles. The number of benzene rings is 1. The van der Waals surface area contributed by atoms with Crippen LogP contribution in [0.2, 0.25) is 5.02 Å². The van der Waals surface area contributed by atoms with Crippen LogP contribution in [0.15, 0.2) is 30.5 Å². The lowest BCUT2D eigenvalue weighted by atomic mass is 10.2. The van der Waals surface area contributed by atoms with E-state index in [0.29, 0.717) is 18.5 Å². The van der Waals surface area contributed by atoms with Gasteiger partial charge in [0.1, 0.15) is 16.5 Å². The van der Waals surface area contributed by atoms with E-state index in [4.69, 9.17) is 16.3 Å². The lowest BCUT2D eigenvalue weighted by molar-refractivity contribution is -0.137. The molecule has 0 saturated heterocycles. The number of carbonyl (C=O) groups is 1. The van der Waals surface area contributed by atoms with E-state index < -0.39 is 11.7 Å². The van der Waals surface area contributed by atoms with Crippen LogP contribution in [0.1, 0.15) is 15.9 Å². The van der Waals surface area contributed by atoms with Gasteiger partial charge in [0, 0.05) is 12.3 Å². The van der Waals surface area contributed by atoms with Gasteiger partial charge < -0.3 is 9.84 Å². The Morgan fingerprint density at radius 1 is 1.29 bits per heavy atom. The van der Waals surface area contributed by atoms with Gasteiger partial charge in [-0.2, -0.15) is 13.2 Å². The molecule has 21 heavy (non-hydrogen) atoms. The third-order valence-corrected chi connectivity index (χ3v) is 2.75. The third kappa shape index (κ3) is 3.43. The fraction of sp³-hybridized carbons (Fsp3) is 0.0769. The zero-order valence-corrected chi connectivity index (χ0v) is 10.9. The van der Waals surface area contributed by atoms with Crippen molar-refractivity contribution in [2.45, 2.75) is 6.18 Å². The number of pyridine rings is 1. The van der Waals surface area contributed by atoms with Crippen molar-refractivity contribution in [2.75, 3.05) is 0 Å². The number of phenolic OH excluding ortho intramolecular Hbond substituents is 1. The van der Waals surface area contributed by atoms with Gasteiger partial charge in [-0.3, -0.25) is 4.79 Å². The van der Waals surface area contributed by atoms with E-state index in [-0.39, 0.29) is 28.0 Å². The predicted octanol–water partition coefficient (Wildman–Crippen LogP) is 4.06. The lowest BCUT2D eigenvalue weighted by Gasteiger charge is -2.10. The Hall–Kier alpha value is -2.28. The number of halogens is 4. The van der Waals surface area contributed by atoms with Crippen molar-refractivity contribution in [1.82, 2.24) is 4.98 Å². The number of nitrogens with zero attached hydrogens (tertiary/aromatic N) is 1. The molecule has 110 valence electrons. The van der Waals surface area contributed by atoms with Crippen molar-refractivity contribution in [2.24, 2.45) is 0 Å². The molecule has 0 unspecified atom stereocenters. The van der Waals surface area contributed by atoms with Crippen LogP contribution >= 0.6 is 11.6 Å². The van der Waals surface area contributed by atoms with Gasteiger partial charge in [-0.15, -0.1) is 0 Å². The Kier molecular flexibility index (Phi) is 4.04. The average Bonchev–Trinajstić information content (AvgIpc) is 2.40. The quantitative estimate of drug-likeness (QED) is 0.867. The molecular formula is C13H7ClF3NO3. The number of ether oxygens (including phenoxy) is 1. The first-order valence-electron chi connectivity index (χ1n) is 5.50. The molecule has 8 heteroatoms. The molecule has 2 rings (SSSR count). The molecule has 0 atom stereocenters. The van der Waals surface area contributed by atoms with Gasteiger partial charge in [0.15, 0.2) is 6.29 Å². The fourth-order valence-electron chi connectivity index (χ4n) is 1.45. The first kappa shape index (κ1) is 15.1. The molecule has 1 aromatic heterocycles. The van der Waals surface area contributed by atoms with Gasteiger partial charge in [-0.1, -0.05) is 11.6 Å². The lowest BCUT2D eigenvalue weighted by Crippen LogP contribution is -2.05. The molecule has 0 spiro atoms. The highest BCUT2D eigenvalue weighted by Crippen LogP contribution is 2.35. The minimum absolute atomic E-state index is 0.0498. The highest BCUT2D eigenvalue weighted by atomic mass is 35.5. The fourth-order valence-corrected chi connectivity index (χ4v) is 1.66. The summed E-state index contributed by atoms with van der Waals surface area (Å²) >= 11 is 5.68. The van der Waals surface area contributed by atoms with Crippen molar-refractivity contribution in [3.63, 3.8) is 0 Å². The van der Waals surface area contributed by atoms with Crippen LogP contribution in [0.3, 0.4) is 0 Å². The van der Waals surface area contributed by atoms with Crippen LogP contribution in [-0.2, 0) is 6.18 Å². The predicted molar refractivity (Wildman–Crippen MR) is 67.8 cm³/mol. The molecule has 1 heterocycles. The van der Waals surface area contributed by atoms with Gasteiger partial charge in [0.05, 0.1) is 11.1 Å². The molecule has 0 saturated carbocycles. The maximum atomic E-state index is 12.5. The van der Waals surface area contributed by atoms with E-state index in [1.54, 1.807) is 0 Å². The van der Waals surface area contributed by atoms with Crippen LogP contribution in [0.4, 0.5) is 13.2 Å². The first-order valence-corrected chi connectivity index (χ1v) is 5.88. The number of hydrogen-bond donors (Lipinski definition) is 1. The smallest absolute Gasteiger partial charge is 0.417 e. The molecule has 0 bridgehead atoms. The van der Waals surface area contributed by atoms with Gasteiger partial charge in [-0.25, -0.2) is 4.98 Å². The summed E-state index contributed by atoms with van der Waals surface area (Å²) in [7, 11) is 0. The number of rotatable bonds is 3.